The monoisotopic (exact) mass is 470 g/mol. The van der Waals surface area contributed by atoms with E-state index in [2.05, 4.69) is 44.8 Å². The van der Waals surface area contributed by atoms with Crippen molar-refractivity contribution < 1.29 is 4.39 Å². The van der Waals surface area contributed by atoms with Crippen LogP contribution in [0.15, 0.2) is 53.5 Å². The fraction of sp³-hybridized carbons (Fsp3) is 0.350. The summed E-state index contributed by atoms with van der Waals surface area (Å²) in [5.74, 6) is 0.539. The fourth-order valence-electron chi connectivity index (χ4n) is 2.47. The van der Waals surface area contributed by atoms with Crippen LogP contribution >= 0.6 is 24.0 Å². The maximum Gasteiger partial charge on any atom is 0.191 e. The predicted octanol–water partition coefficient (Wildman–Crippen LogP) is 3.81. The number of aryl methyl sites for hydroxylation is 1. The minimum atomic E-state index is -0.218. The minimum absolute atomic E-state index is 0. The van der Waals surface area contributed by atoms with E-state index in [9.17, 15) is 4.39 Å². The summed E-state index contributed by atoms with van der Waals surface area (Å²) in [7, 11) is 5.84. The third-order valence-corrected chi connectivity index (χ3v) is 3.98. The third-order valence-electron chi connectivity index (χ3n) is 3.98. The lowest BCUT2D eigenvalue weighted by Gasteiger charge is -2.13. The van der Waals surface area contributed by atoms with E-state index < -0.39 is 0 Å². The molecule has 0 saturated carbocycles. The second-order valence-electron chi connectivity index (χ2n) is 6.14. The van der Waals surface area contributed by atoms with E-state index in [-0.39, 0.29) is 29.8 Å². The van der Waals surface area contributed by atoms with Crippen molar-refractivity contribution >= 4 is 35.6 Å². The molecule has 0 fully saturated rings. The predicted molar refractivity (Wildman–Crippen MR) is 119 cm³/mol. The van der Waals surface area contributed by atoms with Gasteiger partial charge in [0.05, 0.1) is 0 Å². The van der Waals surface area contributed by atoms with Gasteiger partial charge in [-0.3, -0.25) is 4.99 Å². The van der Waals surface area contributed by atoms with Crippen molar-refractivity contribution in [2.75, 3.05) is 32.6 Å². The Morgan fingerprint density at radius 1 is 0.962 bits per heavy atom. The van der Waals surface area contributed by atoms with Crippen LogP contribution in [0.4, 0.5) is 10.1 Å². The molecule has 0 atom stereocenters. The number of hydrogen-bond acceptors (Lipinski definition) is 2. The third kappa shape index (κ3) is 7.59. The van der Waals surface area contributed by atoms with Gasteiger partial charge >= 0.3 is 0 Å². The Hall–Kier alpha value is -1.83. The van der Waals surface area contributed by atoms with Crippen LogP contribution in [0.2, 0.25) is 0 Å². The highest BCUT2D eigenvalue weighted by molar-refractivity contribution is 14.0. The van der Waals surface area contributed by atoms with Gasteiger partial charge in [0.15, 0.2) is 5.96 Å². The molecule has 2 aromatic carbocycles. The van der Waals surface area contributed by atoms with Crippen LogP contribution in [0.5, 0.6) is 0 Å². The molecule has 2 N–H and O–H groups in total. The van der Waals surface area contributed by atoms with Crippen LogP contribution in [-0.2, 0) is 13.0 Å². The largest absolute Gasteiger partial charge is 0.378 e. The Bertz CT molecular complexity index is 669. The van der Waals surface area contributed by atoms with Gasteiger partial charge in [-0.15, -0.1) is 24.0 Å². The number of hydrogen-bond donors (Lipinski definition) is 2. The molecule has 2 aromatic rings. The van der Waals surface area contributed by atoms with Gasteiger partial charge in [0, 0.05) is 39.9 Å². The molecule has 0 saturated heterocycles. The second-order valence-corrected chi connectivity index (χ2v) is 6.14. The summed E-state index contributed by atoms with van der Waals surface area (Å²) < 4.78 is 12.9. The number of anilines is 1. The first kappa shape index (κ1) is 22.2. The van der Waals surface area contributed by atoms with Crippen LogP contribution in [0.3, 0.4) is 0 Å². The molecule has 0 spiro atoms. The Balaban J connectivity index is 0.00000338. The number of nitrogens with zero attached hydrogens (tertiary/aromatic N) is 2. The van der Waals surface area contributed by atoms with Crippen molar-refractivity contribution in [1.82, 2.24) is 10.6 Å². The number of benzene rings is 2. The molecule has 2 rings (SSSR count). The molecule has 26 heavy (non-hydrogen) atoms. The molecular formula is C20H28FIN4. The van der Waals surface area contributed by atoms with Crippen molar-refractivity contribution in [1.29, 1.82) is 0 Å². The van der Waals surface area contributed by atoms with Gasteiger partial charge in [0.1, 0.15) is 5.82 Å². The minimum Gasteiger partial charge on any atom is -0.378 e. The van der Waals surface area contributed by atoms with Crippen LogP contribution in [0.1, 0.15) is 17.5 Å². The van der Waals surface area contributed by atoms with Gasteiger partial charge in [-0.05, 0) is 48.2 Å². The molecule has 0 aliphatic carbocycles. The highest BCUT2D eigenvalue weighted by Gasteiger charge is 2.00. The highest BCUT2D eigenvalue weighted by atomic mass is 127. The van der Waals surface area contributed by atoms with Crippen LogP contribution < -0.4 is 15.5 Å². The molecule has 0 bridgehead atoms. The van der Waals surface area contributed by atoms with E-state index in [1.165, 1.54) is 23.4 Å². The Morgan fingerprint density at radius 2 is 1.58 bits per heavy atom. The first-order valence-electron chi connectivity index (χ1n) is 8.53. The topological polar surface area (TPSA) is 39.7 Å². The van der Waals surface area contributed by atoms with E-state index >= 15 is 0 Å². The summed E-state index contributed by atoms with van der Waals surface area (Å²) in [5.41, 5.74) is 3.57. The quantitative estimate of drug-likeness (QED) is 0.280. The number of nitrogens with one attached hydrogen (secondary N) is 2. The first-order chi connectivity index (χ1) is 12.1. The number of aliphatic imine (C=N–C) groups is 1. The van der Waals surface area contributed by atoms with Gasteiger partial charge in [-0.25, -0.2) is 4.39 Å². The highest BCUT2D eigenvalue weighted by Crippen LogP contribution is 2.13. The van der Waals surface area contributed by atoms with Crippen molar-refractivity contribution in [3.63, 3.8) is 0 Å². The zero-order valence-electron chi connectivity index (χ0n) is 15.6. The average molecular weight is 470 g/mol. The van der Waals surface area contributed by atoms with Gasteiger partial charge in [-0.1, -0.05) is 24.3 Å². The van der Waals surface area contributed by atoms with Crippen molar-refractivity contribution in [2.45, 2.75) is 19.4 Å². The maximum atomic E-state index is 12.9. The number of guanidine groups is 1. The van der Waals surface area contributed by atoms with Gasteiger partial charge in [-0.2, -0.15) is 0 Å². The molecule has 4 nitrogen and oxygen atoms in total. The van der Waals surface area contributed by atoms with Crippen LogP contribution in [0.25, 0.3) is 0 Å². The normalized spacial score (nSPS) is 10.8. The molecule has 0 radical (unpaired) electrons. The summed E-state index contributed by atoms with van der Waals surface area (Å²) in [4.78, 5) is 6.31. The van der Waals surface area contributed by atoms with E-state index in [0.29, 0.717) is 6.54 Å². The van der Waals surface area contributed by atoms with Crippen LogP contribution in [-0.4, -0.2) is 33.6 Å². The molecule has 142 valence electrons. The molecule has 0 aliphatic heterocycles. The summed E-state index contributed by atoms with van der Waals surface area (Å²) in [6.45, 7) is 1.46. The Kier molecular flexibility index (Phi) is 10.0. The Labute approximate surface area is 172 Å². The summed E-state index contributed by atoms with van der Waals surface area (Å²) in [5, 5.41) is 6.54. The maximum absolute atomic E-state index is 12.9. The van der Waals surface area contributed by atoms with Crippen molar-refractivity contribution in [3.8, 4) is 0 Å². The SMILES string of the molecule is CN=C(NCCCc1ccc(N(C)C)cc1)NCc1ccc(F)cc1.I. The van der Waals surface area contributed by atoms with Gasteiger partial charge in [0.25, 0.3) is 0 Å². The lowest BCUT2D eigenvalue weighted by Crippen LogP contribution is -2.37. The molecule has 0 amide bonds. The number of rotatable bonds is 7. The summed E-state index contributed by atoms with van der Waals surface area (Å²) >= 11 is 0. The molecule has 0 heterocycles. The summed E-state index contributed by atoms with van der Waals surface area (Å²) in [6.07, 6.45) is 2.05. The second kappa shape index (κ2) is 11.7. The summed E-state index contributed by atoms with van der Waals surface area (Å²) in [6, 6.07) is 15.1. The molecule has 0 aromatic heterocycles. The van der Waals surface area contributed by atoms with Crippen molar-refractivity contribution in [3.05, 3.63) is 65.5 Å². The van der Waals surface area contributed by atoms with E-state index in [1.54, 1.807) is 19.2 Å². The van der Waals surface area contributed by atoms with Crippen molar-refractivity contribution in [2.24, 2.45) is 4.99 Å². The average Bonchev–Trinajstić information content (AvgIpc) is 2.63. The van der Waals surface area contributed by atoms with E-state index in [4.69, 9.17) is 0 Å². The van der Waals surface area contributed by atoms with E-state index in [0.717, 1.165) is 30.9 Å². The standard InChI is InChI=1S/C20H27FN4.HI/c1-22-20(24-15-17-6-10-18(21)11-7-17)23-14-4-5-16-8-12-19(13-9-16)25(2)3;/h6-13H,4-5,14-15H2,1-3H3,(H2,22,23,24);1H. The zero-order chi connectivity index (χ0) is 18.1. The molecule has 6 heteroatoms. The lowest BCUT2D eigenvalue weighted by molar-refractivity contribution is 0.626. The number of halogens is 2. The Morgan fingerprint density at radius 3 is 2.15 bits per heavy atom. The zero-order valence-corrected chi connectivity index (χ0v) is 18.0. The van der Waals surface area contributed by atoms with Crippen LogP contribution in [0, 0.1) is 5.82 Å². The fourth-order valence-corrected chi connectivity index (χ4v) is 2.47. The molecule has 0 unspecified atom stereocenters. The first-order valence-corrected chi connectivity index (χ1v) is 8.53. The lowest BCUT2D eigenvalue weighted by atomic mass is 10.1. The molecular weight excluding hydrogens is 442 g/mol. The van der Waals surface area contributed by atoms with E-state index in [1.807, 2.05) is 14.1 Å². The molecule has 0 aliphatic rings. The van der Waals surface area contributed by atoms with Gasteiger partial charge in [0.2, 0.25) is 0 Å². The smallest absolute Gasteiger partial charge is 0.191 e. The van der Waals surface area contributed by atoms with Gasteiger partial charge < -0.3 is 15.5 Å².